The van der Waals surface area contributed by atoms with Crippen LogP contribution in [0.2, 0.25) is 5.02 Å². The Morgan fingerprint density at radius 1 is 1.33 bits per heavy atom. The molecule has 21 heavy (non-hydrogen) atoms. The molecule has 108 valence electrons. The van der Waals surface area contributed by atoms with E-state index in [-0.39, 0.29) is 23.6 Å². The molecule has 5 nitrogen and oxygen atoms in total. The van der Waals surface area contributed by atoms with Crippen LogP contribution in [-0.4, -0.2) is 22.0 Å². The Morgan fingerprint density at radius 3 is 2.76 bits per heavy atom. The molecule has 0 aliphatic heterocycles. The smallest absolute Gasteiger partial charge is 0.337 e. The van der Waals surface area contributed by atoms with Crippen molar-refractivity contribution in [2.24, 2.45) is 0 Å². The number of aryl methyl sites for hydroxylation is 1. The van der Waals surface area contributed by atoms with Gasteiger partial charge in [-0.1, -0.05) is 17.7 Å². The van der Waals surface area contributed by atoms with E-state index in [1.807, 2.05) is 13.0 Å². The van der Waals surface area contributed by atoms with Crippen molar-refractivity contribution in [2.75, 3.05) is 5.32 Å². The topological polar surface area (TPSA) is 79.3 Å². The SMILES string of the molecule is Cc1cccnc1CC(=O)Nc1ccc(Cl)cc1C(=O)O. The minimum atomic E-state index is -1.15. The van der Waals surface area contributed by atoms with Crippen molar-refractivity contribution in [3.8, 4) is 0 Å². The van der Waals surface area contributed by atoms with E-state index in [1.54, 1.807) is 12.3 Å². The van der Waals surface area contributed by atoms with Crippen LogP contribution in [0, 0.1) is 6.92 Å². The third-order valence-corrected chi connectivity index (χ3v) is 3.17. The molecule has 0 fully saturated rings. The fraction of sp³-hybridized carbons (Fsp3) is 0.133. The molecule has 0 spiro atoms. The van der Waals surface area contributed by atoms with Gasteiger partial charge in [-0.2, -0.15) is 0 Å². The molecule has 0 unspecified atom stereocenters. The van der Waals surface area contributed by atoms with Crippen LogP contribution in [0.25, 0.3) is 0 Å². The number of hydrogen-bond acceptors (Lipinski definition) is 3. The highest BCUT2D eigenvalue weighted by Crippen LogP contribution is 2.21. The zero-order chi connectivity index (χ0) is 15.4. The number of hydrogen-bond donors (Lipinski definition) is 2. The molecule has 0 bridgehead atoms. The Balaban J connectivity index is 2.17. The van der Waals surface area contributed by atoms with E-state index < -0.39 is 5.97 Å². The van der Waals surface area contributed by atoms with Crippen LogP contribution in [0.4, 0.5) is 5.69 Å². The molecule has 0 atom stereocenters. The number of carbonyl (C=O) groups is 2. The van der Waals surface area contributed by atoms with Gasteiger partial charge in [0, 0.05) is 11.2 Å². The van der Waals surface area contributed by atoms with Gasteiger partial charge in [-0.15, -0.1) is 0 Å². The normalized spacial score (nSPS) is 10.2. The Kier molecular flexibility index (Phi) is 4.55. The fourth-order valence-corrected chi connectivity index (χ4v) is 2.02. The monoisotopic (exact) mass is 304 g/mol. The molecule has 0 saturated carbocycles. The Hall–Kier alpha value is -2.40. The summed E-state index contributed by atoms with van der Waals surface area (Å²) in [5.74, 6) is -1.48. The number of pyridine rings is 1. The molecule has 6 heteroatoms. The summed E-state index contributed by atoms with van der Waals surface area (Å²) in [6.45, 7) is 1.86. The summed E-state index contributed by atoms with van der Waals surface area (Å²) in [6.07, 6.45) is 1.69. The first kappa shape index (κ1) is 15.0. The molecule has 0 saturated heterocycles. The minimum absolute atomic E-state index is 0.0476. The maximum absolute atomic E-state index is 12.0. The Labute approximate surface area is 126 Å². The van der Waals surface area contributed by atoms with Crippen molar-refractivity contribution in [1.82, 2.24) is 4.98 Å². The first-order valence-electron chi connectivity index (χ1n) is 6.20. The number of rotatable bonds is 4. The number of aromatic carboxylic acids is 1. The molecule has 2 N–H and O–H groups in total. The van der Waals surface area contributed by atoms with Gasteiger partial charge in [0.15, 0.2) is 0 Å². The molecule has 0 aliphatic carbocycles. The van der Waals surface area contributed by atoms with Crippen LogP contribution in [-0.2, 0) is 11.2 Å². The minimum Gasteiger partial charge on any atom is -0.478 e. The molecular weight excluding hydrogens is 292 g/mol. The van der Waals surface area contributed by atoms with Crippen LogP contribution >= 0.6 is 11.6 Å². The zero-order valence-corrected chi connectivity index (χ0v) is 12.0. The van der Waals surface area contributed by atoms with Crippen LogP contribution < -0.4 is 5.32 Å². The van der Waals surface area contributed by atoms with Crippen molar-refractivity contribution in [3.63, 3.8) is 0 Å². The van der Waals surface area contributed by atoms with E-state index in [1.165, 1.54) is 18.2 Å². The Bertz CT molecular complexity index is 701. The quantitative estimate of drug-likeness (QED) is 0.910. The molecule has 0 aliphatic rings. The van der Waals surface area contributed by atoms with Crippen LogP contribution in [0.1, 0.15) is 21.6 Å². The fourth-order valence-electron chi connectivity index (χ4n) is 1.85. The third kappa shape index (κ3) is 3.79. The lowest BCUT2D eigenvalue weighted by Crippen LogP contribution is -2.18. The van der Waals surface area contributed by atoms with E-state index in [9.17, 15) is 9.59 Å². The molecule has 0 radical (unpaired) electrons. The maximum Gasteiger partial charge on any atom is 0.337 e. The number of carboxylic acids is 1. The molecule has 2 aromatic rings. The standard InChI is InChI=1S/C15H13ClN2O3/c1-9-3-2-6-17-13(9)8-14(19)18-12-5-4-10(16)7-11(12)15(20)21/h2-7H,8H2,1H3,(H,18,19)(H,20,21). The average Bonchev–Trinajstić information content (AvgIpc) is 2.43. The van der Waals surface area contributed by atoms with Gasteiger partial charge in [0.05, 0.1) is 23.4 Å². The summed E-state index contributed by atoms with van der Waals surface area (Å²) < 4.78 is 0. The van der Waals surface area contributed by atoms with Gasteiger partial charge < -0.3 is 10.4 Å². The van der Waals surface area contributed by atoms with E-state index in [2.05, 4.69) is 10.3 Å². The molecular formula is C15H13ClN2O3. The average molecular weight is 305 g/mol. The number of carboxylic acid groups (broad SMARTS) is 1. The van der Waals surface area contributed by atoms with Crippen molar-refractivity contribution in [1.29, 1.82) is 0 Å². The second-order valence-corrected chi connectivity index (χ2v) is 4.92. The molecule has 1 aromatic heterocycles. The lowest BCUT2D eigenvalue weighted by atomic mass is 10.1. The van der Waals surface area contributed by atoms with Gasteiger partial charge in [-0.25, -0.2) is 4.79 Å². The Morgan fingerprint density at radius 2 is 2.10 bits per heavy atom. The molecule has 1 aromatic carbocycles. The van der Waals surface area contributed by atoms with Crippen molar-refractivity contribution in [3.05, 3.63) is 58.4 Å². The summed E-state index contributed by atoms with van der Waals surface area (Å²) in [5, 5.41) is 12.0. The first-order valence-corrected chi connectivity index (χ1v) is 6.58. The van der Waals surface area contributed by atoms with Crippen LogP contribution in [0.15, 0.2) is 36.5 Å². The third-order valence-electron chi connectivity index (χ3n) is 2.93. The number of aromatic nitrogens is 1. The predicted molar refractivity (Wildman–Crippen MR) is 79.7 cm³/mol. The van der Waals surface area contributed by atoms with E-state index >= 15 is 0 Å². The van der Waals surface area contributed by atoms with Crippen molar-refractivity contribution < 1.29 is 14.7 Å². The number of halogens is 1. The number of benzene rings is 1. The summed E-state index contributed by atoms with van der Waals surface area (Å²) in [4.78, 5) is 27.3. The van der Waals surface area contributed by atoms with Gasteiger partial charge in [-0.3, -0.25) is 9.78 Å². The second kappa shape index (κ2) is 6.37. The number of nitrogens with one attached hydrogen (secondary N) is 1. The summed E-state index contributed by atoms with van der Waals surface area (Å²) >= 11 is 5.76. The highest BCUT2D eigenvalue weighted by molar-refractivity contribution is 6.31. The molecule has 1 heterocycles. The van der Waals surface area contributed by atoms with Gasteiger partial charge in [0.25, 0.3) is 0 Å². The van der Waals surface area contributed by atoms with Gasteiger partial charge in [0.2, 0.25) is 5.91 Å². The van der Waals surface area contributed by atoms with Gasteiger partial charge in [0.1, 0.15) is 0 Å². The lowest BCUT2D eigenvalue weighted by Gasteiger charge is -2.09. The molecule has 1 amide bonds. The number of anilines is 1. The zero-order valence-electron chi connectivity index (χ0n) is 11.3. The highest BCUT2D eigenvalue weighted by Gasteiger charge is 2.14. The van der Waals surface area contributed by atoms with Crippen molar-refractivity contribution >= 4 is 29.2 Å². The number of nitrogens with zero attached hydrogens (tertiary/aromatic N) is 1. The lowest BCUT2D eigenvalue weighted by molar-refractivity contribution is -0.115. The van der Waals surface area contributed by atoms with E-state index in [0.717, 1.165) is 5.56 Å². The van der Waals surface area contributed by atoms with Crippen LogP contribution in [0.3, 0.4) is 0 Å². The maximum atomic E-state index is 12.0. The summed E-state index contributed by atoms with van der Waals surface area (Å²) in [5.41, 5.74) is 1.72. The second-order valence-electron chi connectivity index (χ2n) is 4.49. The summed E-state index contributed by atoms with van der Waals surface area (Å²) in [7, 11) is 0. The largest absolute Gasteiger partial charge is 0.478 e. The van der Waals surface area contributed by atoms with Crippen molar-refractivity contribution in [2.45, 2.75) is 13.3 Å². The summed E-state index contributed by atoms with van der Waals surface area (Å²) in [6, 6.07) is 7.94. The predicted octanol–water partition coefficient (Wildman–Crippen LogP) is 2.92. The number of carbonyl (C=O) groups excluding carboxylic acids is 1. The molecule has 2 rings (SSSR count). The van der Waals surface area contributed by atoms with E-state index in [0.29, 0.717) is 10.7 Å². The first-order chi connectivity index (χ1) is 9.97. The van der Waals surface area contributed by atoms with Gasteiger partial charge in [-0.05, 0) is 36.8 Å². The highest BCUT2D eigenvalue weighted by atomic mass is 35.5. The van der Waals surface area contributed by atoms with Gasteiger partial charge >= 0.3 is 5.97 Å². The number of amides is 1. The van der Waals surface area contributed by atoms with Crippen LogP contribution in [0.5, 0.6) is 0 Å². The van der Waals surface area contributed by atoms with E-state index in [4.69, 9.17) is 16.7 Å².